The predicted molar refractivity (Wildman–Crippen MR) is 231 cm³/mol. The molecule has 5 heteroatoms. The Bertz CT molecular complexity index is 824. The average molecular weight is 746 g/mol. The minimum atomic E-state index is -1.17. The monoisotopic (exact) mass is 746 g/mol. The SMILES string of the molecule is CCCCCCC/C=C/CC/C=C/CCCC(O)C(O)C(CO)NC(=O)CCCCCCCCCCC/C=C\CCCCCCCCCCCCCC. The molecular weight excluding hydrogens is 655 g/mol. The van der Waals surface area contributed by atoms with E-state index in [1.54, 1.807) is 0 Å². The maximum atomic E-state index is 12.4. The normalized spacial score (nSPS) is 13.8. The fraction of sp³-hybridized carbons (Fsp3) is 0.854. The molecule has 0 aromatic heterocycles. The fourth-order valence-electron chi connectivity index (χ4n) is 7.06. The highest BCUT2D eigenvalue weighted by Crippen LogP contribution is 2.15. The third-order valence-electron chi connectivity index (χ3n) is 10.7. The molecule has 0 saturated carbocycles. The summed E-state index contributed by atoms with van der Waals surface area (Å²) in [5.74, 6) is -0.160. The van der Waals surface area contributed by atoms with E-state index in [2.05, 4.69) is 55.6 Å². The molecule has 0 aromatic carbocycles. The molecule has 0 fully saturated rings. The summed E-state index contributed by atoms with van der Waals surface area (Å²) in [5.41, 5.74) is 0. The van der Waals surface area contributed by atoms with Crippen LogP contribution in [-0.4, -0.2) is 46.1 Å². The molecule has 0 aliphatic rings. The standard InChI is InChI=1S/C48H91NO4/c1-3-5-7-9-11-13-15-17-19-20-21-22-23-24-25-26-27-28-29-31-33-35-37-39-41-43-47(52)49-45(44-50)48(53)46(51)42-40-38-36-34-32-30-18-16-14-12-10-8-6-4-2/h16,18,24-25,34,36,45-46,48,50-51,53H,3-15,17,19-23,26-33,35,37-44H2,1-2H3,(H,49,52)/b18-16+,25-24-,36-34+. The van der Waals surface area contributed by atoms with Gasteiger partial charge < -0.3 is 20.6 Å². The Balaban J connectivity index is 3.62. The molecule has 0 aliphatic heterocycles. The zero-order chi connectivity index (χ0) is 38.7. The molecule has 0 spiro atoms. The van der Waals surface area contributed by atoms with Crippen LogP contribution in [0.2, 0.25) is 0 Å². The van der Waals surface area contributed by atoms with Crippen molar-refractivity contribution in [3.05, 3.63) is 36.5 Å². The zero-order valence-corrected chi connectivity index (χ0v) is 35.4. The lowest BCUT2D eigenvalue weighted by atomic mass is 10.0. The zero-order valence-electron chi connectivity index (χ0n) is 35.4. The number of hydrogen-bond donors (Lipinski definition) is 4. The van der Waals surface area contributed by atoms with Gasteiger partial charge in [-0.25, -0.2) is 0 Å². The van der Waals surface area contributed by atoms with Gasteiger partial charge in [-0.2, -0.15) is 0 Å². The summed E-state index contributed by atoms with van der Waals surface area (Å²) >= 11 is 0. The summed E-state index contributed by atoms with van der Waals surface area (Å²) in [6.07, 6.45) is 54.1. The van der Waals surface area contributed by atoms with E-state index in [9.17, 15) is 20.1 Å². The Labute approximate surface area is 330 Å². The van der Waals surface area contributed by atoms with Crippen molar-refractivity contribution < 1.29 is 20.1 Å². The molecular formula is C48H91NO4. The van der Waals surface area contributed by atoms with E-state index >= 15 is 0 Å². The number of hydrogen-bond acceptors (Lipinski definition) is 4. The Morgan fingerprint density at radius 1 is 0.453 bits per heavy atom. The number of rotatable bonds is 42. The molecule has 0 aliphatic carbocycles. The predicted octanol–water partition coefficient (Wildman–Crippen LogP) is 13.5. The number of aliphatic hydroxyl groups excluding tert-OH is 3. The van der Waals surface area contributed by atoms with Crippen LogP contribution >= 0.6 is 0 Å². The molecule has 0 bridgehead atoms. The van der Waals surface area contributed by atoms with Crippen LogP contribution in [0.25, 0.3) is 0 Å². The van der Waals surface area contributed by atoms with Crippen LogP contribution in [-0.2, 0) is 4.79 Å². The number of amides is 1. The molecule has 0 radical (unpaired) electrons. The molecule has 0 rings (SSSR count). The van der Waals surface area contributed by atoms with E-state index < -0.39 is 18.2 Å². The second-order valence-electron chi connectivity index (χ2n) is 15.9. The molecule has 53 heavy (non-hydrogen) atoms. The molecule has 0 aromatic rings. The van der Waals surface area contributed by atoms with Crippen molar-refractivity contribution in [2.45, 2.75) is 257 Å². The summed E-state index contributed by atoms with van der Waals surface area (Å²) < 4.78 is 0. The van der Waals surface area contributed by atoms with Crippen LogP contribution in [0.1, 0.15) is 239 Å². The van der Waals surface area contributed by atoms with Crippen LogP contribution in [0.4, 0.5) is 0 Å². The average Bonchev–Trinajstić information content (AvgIpc) is 3.16. The van der Waals surface area contributed by atoms with Crippen molar-refractivity contribution >= 4 is 5.91 Å². The second kappa shape index (κ2) is 43.3. The molecule has 5 nitrogen and oxygen atoms in total. The summed E-state index contributed by atoms with van der Waals surface area (Å²) in [7, 11) is 0. The van der Waals surface area contributed by atoms with Gasteiger partial charge in [0, 0.05) is 6.42 Å². The first-order valence-electron chi connectivity index (χ1n) is 23.3. The number of carbonyl (C=O) groups is 1. The molecule has 3 unspecified atom stereocenters. The summed E-state index contributed by atoms with van der Waals surface area (Å²) in [4.78, 5) is 12.4. The van der Waals surface area contributed by atoms with Crippen LogP contribution in [0.5, 0.6) is 0 Å². The van der Waals surface area contributed by atoms with E-state index in [0.29, 0.717) is 12.8 Å². The van der Waals surface area contributed by atoms with Crippen LogP contribution in [0, 0.1) is 0 Å². The lowest BCUT2D eigenvalue weighted by Gasteiger charge is -2.26. The maximum Gasteiger partial charge on any atom is 0.220 e. The van der Waals surface area contributed by atoms with Crippen LogP contribution < -0.4 is 5.32 Å². The van der Waals surface area contributed by atoms with Gasteiger partial charge in [-0.3, -0.25) is 4.79 Å². The van der Waals surface area contributed by atoms with E-state index in [-0.39, 0.29) is 12.5 Å². The number of carbonyl (C=O) groups excluding carboxylic acids is 1. The van der Waals surface area contributed by atoms with Crippen molar-refractivity contribution in [3.8, 4) is 0 Å². The van der Waals surface area contributed by atoms with Crippen molar-refractivity contribution in [1.29, 1.82) is 0 Å². The lowest BCUT2D eigenvalue weighted by molar-refractivity contribution is -0.124. The Hall–Kier alpha value is -1.43. The third kappa shape index (κ3) is 38.6. The van der Waals surface area contributed by atoms with E-state index in [1.807, 2.05) is 0 Å². The van der Waals surface area contributed by atoms with Gasteiger partial charge in [-0.15, -0.1) is 0 Å². The first kappa shape index (κ1) is 51.6. The summed E-state index contributed by atoms with van der Waals surface area (Å²) in [5, 5.41) is 33.5. The highest BCUT2D eigenvalue weighted by atomic mass is 16.3. The van der Waals surface area contributed by atoms with Crippen molar-refractivity contribution in [2.75, 3.05) is 6.61 Å². The van der Waals surface area contributed by atoms with Crippen molar-refractivity contribution in [2.24, 2.45) is 0 Å². The van der Waals surface area contributed by atoms with Crippen LogP contribution in [0.3, 0.4) is 0 Å². The van der Waals surface area contributed by atoms with E-state index in [4.69, 9.17) is 0 Å². The number of allylic oxidation sites excluding steroid dienone is 6. The van der Waals surface area contributed by atoms with Gasteiger partial charge in [0.05, 0.1) is 18.8 Å². The lowest BCUT2D eigenvalue weighted by Crippen LogP contribution is -2.50. The molecule has 312 valence electrons. The van der Waals surface area contributed by atoms with Crippen LogP contribution in [0.15, 0.2) is 36.5 Å². The molecule has 0 heterocycles. The Morgan fingerprint density at radius 3 is 1.15 bits per heavy atom. The Kier molecular flexibility index (Phi) is 42.1. The van der Waals surface area contributed by atoms with Gasteiger partial charge in [0.2, 0.25) is 5.91 Å². The first-order valence-corrected chi connectivity index (χ1v) is 23.3. The summed E-state index contributed by atoms with van der Waals surface area (Å²) in [6.45, 7) is 4.15. The minimum absolute atomic E-state index is 0.160. The van der Waals surface area contributed by atoms with Gasteiger partial charge in [-0.05, 0) is 77.0 Å². The van der Waals surface area contributed by atoms with Crippen molar-refractivity contribution in [3.63, 3.8) is 0 Å². The highest BCUT2D eigenvalue weighted by Gasteiger charge is 2.26. The maximum absolute atomic E-state index is 12.4. The summed E-state index contributed by atoms with van der Waals surface area (Å²) in [6, 6.07) is -0.832. The first-order chi connectivity index (χ1) is 26.1. The molecule has 4 N–H and O–H groups in total. The minimum Gasteiger partial charge on any atom is -0.394 e. The van der Waals surface area contributed by atoms with Gasteiger partial charge >= 0.3 is 0 Å². The number of unbranched alkanes of at least 4 members (excludes halogenated alkanes) is 28. The topological polar surface area (TPSA) is 89.8 Å². The second-order valence-corrected chi connectivity index (χ2v) is 15.9. The third-order valence-corrected chi connectivity index (χ3v) is 10.7. The highest BCUT2D eigenvalue weighted by molar-refractivity contribution is 5.76. The van der Waals surface area contributed by atoms with Gasteiger partial charge in [0.25, 0.3) is 0 Å². The number of aliphatic hydroxyl groups is 3. The van der Waals surface area contributed by atoms with Gasteiger partial charge in [-0.1, -0.05) is 192 Å². The fourth-order valence-corrected chi connectivity index (χ4v) is 7.06. The quantitative estimate of drug-likeness (QED) is 0.0370. The van der Waals surface area contributed by atoms with Gasteiger partial charge in [0.1, 0.15) is 6.10 Å². The van der Waals surface area contributed by atoms with E-state index in [0.717, 1.165) is 44.9 Å². The Morgan fingerprint density at radius 2 is 0.774 bits per heavy atom. The smallest absolute Gasteiger partial charge is 0.220 e. The largest absolute Gasteiger partial charge is 0.394 e. The van der Waals surface area contributed by atoms with Gasteiger partial charge in [0.15, 0.2) is 0 Å². The van der Waals surface area contributed by atoms with Crippen molar-refractivity contribution in [1.82, 2.24) is 5.32 Å². The molecule has 0 saturated heterocycles. The van der Waals surface area contributed by atoms with E-state index in [1.165, 1.54) is 167 Å². The molecule has 1 amide bonds. The number of nitrogens with one attached hydrogen (secondary N) is 1. The molecule has 3 atom stereocenters.